The lowest BCUT2D eigenvalue weighted by atomic mass is 10.0. The molecule has 158 valence electrons. The summed E-state index contributed by atoms with van der Waals surface area (Å²) in [7, 11) is -3.18. The molecule has 1 fully saturated rings. The highest BCUT2D eigenvalue weighted by atomic mass is 32.2. The molecule has 3 aromatic rings. The van der Waals surface area contributed by atoms with Gasteiger partial charge in [-0.05, 0) is 68.6 Å². The van der Waals surface area contributed by atoms with Gasteiger partial charge in [0, 0.05) is 30.8 Å². The fraction of sp³-hybridized carbons (Fsp3) is 0.375. The summed E-state index contributed by atoms with van der Waals surface area (Å²) in [6.07, 6.45) is 4.69. The number of hydrogen-bond acceptors (Lipinski definition) is 5. The van der Waals surface area contributed by atoms with Crippen molar-refractivity contribution in [2.24, 2.45) is 0 Å². The second kappa shape index (κ2) is 8.36. The third-order valence-corrected chi connectivity index (χ3v) is 7.10. The third kappa shape index (κ3) is 4.50. The Morgan fingerprint density at radius 1 is 1.03 bits per heavy atom. The van der Waals surface area contributed by atoms with Crippen LogP contribution in [0.3, 0.4) is 0 Å². The van der Waals surface area contributed by atoms with Crippen molar-refractivity contribution in [3.05, 3.63) is 60.0 Å². The maximum Gasteiger partial charge on any atom is 0.226 e. The number of benzene rings is 2. The second-order valence-corrected chi connectivity index (χ2v) is 10.2. The van der Waals surface area contributed by atoms with Gasteiger partial charge in [-0.2, -0.15) is 0 Å². The van der Waals surface area contributed by atoms with Gasteiger partial charge in [-0.15, -0.1) is 0 Å². The first-order valence-corrected chi connectivity index (χ1v) is 12.3. The number of nitrogens with zero attached hydrogens (tertiary/aromatic N) is 2. The van der Waals surface area contributed by atoms with Crippen LogP contribution in [0.1, 0.15) is 31.2 Å². The molecule has 1 aromatic heterocycles. The van der Waals surface area contributed by atoms with Gasteiger partial charge in [-0.25, -0.2) is 13.4 Å². The SMILES string of the molecule is Cc1oc(-c2ccc(-c3ccc(S(C)(=O)=O)cc3)cc2)nc1CCN1CCC[C@@H]1C. The summed E-state index contributed by atoms with van der Waals surface area (Å²) in [6.45, 7) is 6.48. The van der Waals surface area contributed by atoms with E-state index >= 15 is 0 Å². The van der Waals surface area contributed by atoms with Crippen LogP contribution < -0.4 is 0 Å². The molecule has 0 aliphatic carbocycles. The summed E-state index contributed by atoms with van der Waals surface area (Å²) in [6, 6.07) is 15.6. The average molecular weight is 425 g/mol. The van der Waals surface area contributed by atoms with E-state index in [1.165, 1.54) is 25.6 Å². The van der Waals surface area contributed by atoms with Gasteiger partial charge in [0.05, 0.1) is 10.6 Å². The molecule has 1 saturated heterocycles. The smallest absolute Gasteiger partial charge is 0.226 e. The molecule has 0 N–H and O–H groups in total. The van der Waals surface area contributed by atoms with Crippen LogP contribution in [0.25, 0.3) is 22.6 Å². The molecule has 5 nitrogen and oxygen atoms in total. The zero-order valence-electron chi connectivity index (χ0n) is 17.8. The summed E-state index contributed by atoms with van der Waals surface area (Å²) >= 11 is 0. The Kier molecular flexibility index (Phi) is 5.80. The van der Waals surface area contributed by atoms with Crippen molar-refractivity contribution in [2.75, 3.05) is 19.3 Å². The first kappa shape index (κ1) is 20.8. The Balaban J connectivity index is 1.47. The molecule has 0 radical (unpaired) electrons. The third-order valence-electron chi connectivity index (χ3n) is 5.97. The number of rotatable bonds is 6. The summed E-state index contributed by atoms with van der Waals surface area (Å²) < 4.78 is 29.2. The fourth-order valence-electron chi connectivity index (χ4n) is 4.06. The normalized spacial score (nSPS) is 17.5. The lowest BCUT2D eigenvalue weighted by Gasteiger charge is -2.20. The van der Waals surface area contributed by atoms with Crippen LogP contribution in [0, 0.1) is 6.92 Å². The number of sulfone groups is 1. The fourth-order valence-corrected chi connectivity index (χ4v) is 4.69. The Morgan fingerprint density at radius 3 is 2.20 bits per heavy atom. The van der Waals surface area contributed by atoms with Gasteiger partial charge < -0.3 is 9.32 Å². The molecule has 2 aromatic carbocycles. The Hall–Kier alpha value is -2.44. The van der Waals surface area contributed by atoms with E-state index in [2.05, 4.69) is 11.8 Å². The van der Waals surface area contributed by atoms with Gasteiger partial charge in [-0.1, -0.05) is 24.3 Å². The average Bonchev–Trinajstić information content (AvgIpc) is 3.31. The van der Waals surface area contributed by atoms with Crippen molar-refractivity contribution in [1.29, 1.82) is 0 Å². The molecule has 0 spiro atoms. The molecular formula is C24H28N2O3S. The molecule has 2 heterocycles. The lowest BCUT2D eigenvalue weighted by molar-refractivity contribution is 0.271. The summed E-state index contributed by atoms with van der Waals surface area (Å²) in [4.78, 5) is 7.60. The number of aromatic nitrogens is 1. The first-order valence-electron chi connectivity index (χ1n) is 10.4. The number of hydrogen-bond donors (Lipinski definition) is 0. The molecular weight excluding hydrogens is 396 g/mol. The second-order valence-electron chi connectivity index (χ2n) is 8.17. The summed E-state index contributed by atoms with van der Waals surface area (Å²) in [5.74, 6) is 1.54. The molecule has 30 heavy (non-hydrogen) atoms. The van der Waals surface area contributed by atoms with E-state index in [1.807, 2.05) is 43.3 Å². The number of likely N-dealkylation sites (tertiary alicyclic amines) is 1. The monoisotopic (exact) mass is 424 g/mol. The van der Waals surface area contributed by atoms with Crippen molar-refractivity contribution in [2.45, 2.75) is 44.0 Å². The van der Waals surface area contributed by atoms with Crippen LogP contribution in [0.5, 0.6) is 0 Å². The lowest BCUT2D eigenvalue weighted by Crippen LogP contribution is -2.29. The molecule has 0 saturated carbocycles. The summed E-state index contributed by atoms with van der Waals surface area (Å²) in [5.41, 5.74) is 3.96. The Morgan fingerprint density at radius 2 is 1.63 bits per heavy atom. The Labute approximate surface area is 178 Å². The predicted octanol–water partition coefficient (Wildman–Crippen LogP) is 4.75. The van der Waals surface area contributed by atoms with Gasteiger partial charge in [0.2, 0.25) is 5.89 Å². The summed E-state index contributed by atoms with van der Waals surface area (Å²) in [5, 5.41) is 0. The minimum Gasteiger partial charge on any atom is -0.441 e. The van der Waals surface area contributed by atoms with Crippen molar-refractivity contribution in [3.8, 4) is 22.6 Å². The van der Waals surface area contributed by atoms with Crippen molar-refractivity contribution in [3.63, 3.8) is 0 Å². The highest BCUT2D eigenvalue weighted by molar-refractivity contribution is 7.90. The van der Waals surface area contributed by atoms with Gasteiger partial charge in [-0.3, -0.25) is 0 Å². The molecule has 1 aliphatic rings. The van der Waals surface area contributed by atoms with Gasteiger partial charge in [0.15, 0.2) is 9.84 Å². The van der Waals surface area contributed by atoms with E-state index in [4.69, 9.17) is 9.40 Å². The standard InChI is InChI=1S/C24H28N2O3S/c1-17-5-4-15-26(17)16-14-23-18(2)29-24(25-23)21-8-6-19(7-9-21)20-10-12-22(13-11-20)30(3,27)28/h6-13,17H,4-5,14-16H2,1-3H3/t17-/m0/s1. The van der Waals surface area contributed by atoms with Crippen LogP contribution in [-0.4, -0.2) is 43.7 Å². The Bertz CT molecular complexity index is 1120. The number of oxazole rings is 1. The zero-order valence-corrected chi connectivity index (χ0v) is 18.6. The largest absolute Gasteiger partial charge is 0.441 e. The van der Waals surface area contributed by atoms with Crippen molar-refractivity contribution < 1.29 is 12.8 Å². The van der Waals surface area contributed by atoms with E-state index in [-0.39, 0.29) is 0 Å². The maximum absolute atomic E-state index is 11.6. The van der Waals surface area contributed by atoms with Crippen LogP contribution in [0.4, 0.5) is 0 Å². The topological polar surface area (TPSA) is 63.4 Å². The maximum atomic E-state index is 11.6. The van der Waals surface area contributed by atoms with Crippen molar-refractivity contribution >= 4 is 9.84 Å². The van der Waals surface area contributed by atoms with Crippen LogP contribution in [0.15, 0.2) is 57.8 Å². The molecule has 0 bridgehead atoms. The minimum atomic E-state index is -3.18. The van der Waals surface area contributed by atoms with E-state index in [1.54, 1.807) is 12.1 Å². The van der Waals surface area contributed by atoms with E-state index in [0.717, 1.165) is 41.1 Å². The van der Waals surface area contributed by atoms with Gasteiger partial charge in [0.25, 0.3) is 0 Å². The zero-order chi connectivity index (χ0) is 21.3. The van der Waals surface area contributed by atoms with Crippen LogP contribution >= 0.6 is 0 Å². The highest BCUT2D eigenvalue weighted by Gasteiger charge is 2.21. The molecule has 0 unspecified atom stereocenters. The van der Waals surface area contributed by atoms with E-state index < -0.39 is 9.84 Å². The quantitative estimate of drug-likeness (QED) is 0.571. The van der Waals surface area contributed by atoms with Crippen LogP contribution in [-0.2, 0) is 16.3 Å². The minimum absolute atomic E-state index is 0.328. The molecule has 1 atom stereocenters. The van der Waals surface area contributed by atoms with Gasteiger partial charge >= 0.3 is 0 Å². The predicted molar refractivity (Wildman–Crippen MR) is 119 cm³/mol. The highest BCUT2D eigenvalue weighted by Crippen LogP contribution is 2.27. The number of aryl methyl sites for hydroxylation is 1. The van der Waals surface area contributed by atoms with Crippen LogP contribution in [0.2, 0.25) is 0 Å². The first-order chi connectivity index (χ1) is 14.3. The molecule has 0 amide bonds. The molecule has 4 rings (SSSR count). The molecule has 1 aliphatic heterocycles. The molecule has 6 heteroatoms. The van der Waals surface area contributed by atoms with E-state index in [9.17, 15) is 8.42 Å². The van der Waals surface area contributed by atoms with Gasteiger partial charge in [0.1, 0.15) is 5.76 Å². The van der Waals surface area contributed by atoms with Crippen molar-refractivity contribution in [1.82, 2.24) is 9.88 Å². The van der Waals surface area contributed by atoms with E-state index in [0.29, 0.717) is 16.8 Å².